The fraction of sp³-hybridized carbons (Fsp3) is 0.171. The third-order valence-corrected chi connectivity index (χ3v) is 8.70. The van der Waals surface area contributed by atoms with Crippen LogP contribution in [0.4, 0.5) is 11.4 Å². The summed E-state index contributed by atoms with van der Waals surface area (Å²) in [5.74, 6) is -4.01. The highest BCUT2D eigenvalue weighted by molar-refractivity contribution is 6.25. The van der Waals surface area contributed by atoms with E-state index in [4.69, 9.17) is 4.74 Å². The van der Waals surface area contributed by atoms with Crippen LogP contribution in [-0.2, 0) is 19.1 Å². The van der Waals surface area contributed by atoms with E-state index in [0.717, 1.165) is 27.2 Å². The molecule has 2 bridgehead atoms. The Morgan fingerprint density at radius 3 is 1.81 bits per heavy atom. The minimum absolute atomic E-state index is 0.0107. The number of carbonyl (C=O) groups excluding carboxylic acids is 5. The number of esters is 1. The van der Waals surface area contributed by atoms with Crippen LogP contribution in [0.5, 0.6) is 0 Å². The molecule has 1 fully saturated rings. The topological polar surface area (TPSA) is 110 Å². The fourth-order valence-electron chi connectivity index (χ4n) is 6.98. The van der Waals surface area contributed by atoms with Gasteiger partial charge >= 0.3 is 5.97 Å². The second-order valence-corrected chi connectivity index (χ2v) is 11.1. The Hall–Kier alpha value is -5.37. The van der Waals surface area contributed by atoms with Crippen molar-refractivity contribution in [2.45, 2.75) is 18.8 Å². The maximum Gasteiger partial charge on any atom is 0.340 e. The zero-order chi connectivity index (χ0) is 29.8. The number of amides is 3. The molecule has 0 unspecified atom stereocenters. The van der Waals surface area contributed by atoms with E-state index in [2.05, 4.69) is 5.32 Å². The Balaban J connectivity index is 1.15. The lowest BCUT2D eigenvalue weighted by molar-refractivity contribution is -0.122. The zero-order valence-electron chi connectivity index (χ0n) is 23.2. The van der Waals surface area contributed by atoms with E-state index in [1.807, 2.05) is 48.5 Å². The number of rotatable bonds is 6. The lowest BCUT2D eigenvalue weighted by Crippen LogP contribution is -2.41. The van der Waals surface area contributed by atoms with Gasteiger partial charge in [0.25, 0.3) is 5.91 Å². The van der Waals surface area contributed by atoms with Gasteiger partial charge in [-0.05, 0) is 53.4 Å². The van der Waals surface area contributed by atoms with Crippen molar-refractivity contribution >= 4 is 40.8 Å². The second-order valence-electron chi connectivity index (χ2n) is 11.1. The number of nitrogens with one attached hydrogen (secondary N) is 1. The molecule has 212 valence electrons. The summed E-state index contributed by atoms with van der Waals surface area (Å²) in [6.07, 6.45) is 0. The molecular formula is C35H26N2O6. The molecule has 0 aromatic heterocycles. The average Bonchev–Trinajstić information content (AvgIpc) is 3.29. The van der Waals surface area contributed by atoms with E-state index < -0.39 is 30.3 Å². The zero-order valence-corrected chi connectivity index (χ0v) is 23.2. The summed E-state index contributed by atoms with van der Waals surface area (Å²) in [7, 11) is 0. The number of imide groups is 1. The van der Waals surface area contributed by atoms with Crippen LogP contribution < -0.4 is 10.2 Å². The SMILES string of the molecule is CC(=O)c1cccc(NC(=O)COC(=O)c2ccccc2N2C(=O)[C@H]3C4c5ccccc5C(c5ccccc54)[C@@H]3C2=O)c1. The largest absolute Gasteiger partial charge is 0.452 e. The fourth-order valence-corrected chi connectivity index (χ4v) is 6.98. The highest BCUT2D eigenvalue weighted by atomic mass is 16.5. The van der Waals surface area contributed by atoms with Gasteiger partial charge in [0.2, 0.25) is 11.8 Å². The van der Waals surface area contributed by atoms with Crippen LogP contribution in [0.2, 0.25) is 0 Å². The van der Waals surface area contributed by atoms with Gasteiger partial charge in [0.1, 0.15) is 0 Å². The van der Waals surface area contributed by atoms with Gasteiger partial charge in [-0.2, -0.15) is 0 Å². The maximum absolute atomic E-state index is 14.1. The molecule has 4 aromatic carbocycles. The molecule has 4 aromatic rings. The quantitative estimate of drug-likeness (QED) is 0.197. The molecule has 1 saturated heterocycles. The predicted molar refractivity (Wildman–Crippen MR) is 158 cm³/mol. The Labute approximate surface area is 247 Å². The summed E-state index contributed by atoms with van der Waals surface area (Å²) in [4.78, 5) is 66.9. The normalized spacial score (nSPS) is 21.1. The number of para-hydroxylation sites is 1. The van der Waals surface area contributed by atoms with Crippen molar-refractivity contribution in [2.24, 2.45) is 11.8 Å². The Morgan fingerprint density at radius 2 is 1.26 bits per heavy atom. The van der Waals surface area contributed by atoms with Gasteiger partial charge in [-0.15, -0.1) is 0 Å². The van der Waals surface area contributed by atoms with Crippen LogP contribution in [0, 0.1) is 11.8 Å². The molecule has 3 amide bonds. The van der Waals surface area contributed by atoms with Gasteiger partial charge in [0, 0.05) is 23.1 Å². The third-order valence-electron chi connectivity index (χ3n) is 8.70. The first-order valence-corrected chi connectivity index (χ1v) is 14.1. The summed E-state index contributed by atoms with van der Waals surface area (Å²) >= 11 is 0. The van der Waals surface area contributed by atoms with Crippen molar-refractivity contribution in [1.82, 2.24) is 0 Å². The number of carbonyl (C=O) groups is 5. The molecule has 0 radical (unpaired) electrons. The molecular weight excluding hydrogens is 544 g/mol. The van der Waals surface area contributed by atoms with Crippen LogP contribution in [-0.4, -0.2) is 36.1 Å². The van der Waals surface area contributed by atoms with Crippen molar-refractivity contribution in [3.63, 3.8) is 0 Å². The molecule has 4 aliphatic rings. The van der Waals surface area contributed by atoms with Gasteiger partial charge in [-0.1, -0.05) is 72.8 Å². The molecule has 1 N–H and O–H groups in total. The predicted octanol–water partition coefficient (Wildman–Crippen LogP) is 5.08. The van der Waals surface area contributed by atoms with Crippen LogP contribution in [0.25, 0.3) is 0 Å². The molecule has 8 nitrogen and oxygen atoms in total. The van der Waals surface area contributed by atoms with Crippen LogP contribution in [0.15, 0.2) is 97.1 Å². The van der Waals surface area contributed by atoms with Crippen LogP contribution >= 0.6 is 0 Å². The molecule has 2 atom stereocenters. The highest BCUT2D eigenvalue weighted by Gasteiger charge is 2.62. The number of Topliss-reactive ketones (excluding diaryl/α,β-unsaturated/α-hetero) is 1. The highest BCUT2D eigenvalue weighted by Crippen LogP contribution is 2.61. The van der Waals surface area contributed by atoms with Crippen LogP contribution in [0.1, 0.15) is 61.7 Å². The van der Waals surface area contributed by atoms with E-state index in [1.165, 1.54) is 19.1 Å². The van der Waals surface area contributed by atoms with E-state index in [0.29, 0.717) is 11.3 Å². The molecule has 1 aliphatic heterocycles. The third kappa shape index (κ3) is 4.17. The number of ketones is 1. The second kappa shape index (κ2) is 10.2. The van der Waals surface area contributed by atoms with Gasteiger partial charge in [-0.25, -0.2) is 9.69 Å². The van der Waals surface area contributed by atoms with Crippen molar-refractivity contribution in [3.05, 3.63) is 130 Å². The monoisotopic (exact) mass is 570 g/mol. The minimum atomic E-state index is -0.840. The Morgan fingerprint density at radius 1 is 0.721 bits per heavy atom. The van der Waals surface area contributed by atoms with E-state index in [1.54, 1.807) is 36.4 Å². The average molecular weight is 571 g/mol. The van der Waals surface area contributed by atoms with Crippen molar-refractivity contribution in [2.75, 3.05) is 16.8 Å². The van der Waals surface area contributed by atoms with Crippen molar-refractivity contribution in [1.29, 1.82) is 0 Å². The first kappa shape index (κ1) is 26.5. The van der Waals surface area contributed by atoms with Gasteiger partial charge in [0.05, 0.1) is 23.1 Å². The van der Waals surface area contributed by atoms with E-state index in [-0.39, 0.29) is 40.7 Å². The number of benzene rings is 4. The summed E-state index contributed by atoms with van der Waals surface area (Å²) in [5, 5.41) is 2.61. The van der Waals surface area contributed by atoms with Crippen molar-refractivity contribution < 1.29 is 28.7 Å². The first-order valence-electron chi connectivity index (χ1n) is 14.1. The molecule has 43 heavy (non-hydrogen) atoms. The number of hydrogen-bond acceptors (Lipinski definition) is 6. The molecule has 8 rings (SSSR count). The van der Waals surface area contributed by atoms with E-state index in [9.17, 15) is 24.0 Å². The lowest BCUT2D eigenvalue weighted by atomic mass is 9.55. The molecule has 0 spiro atoms. The summed E-state index contributed by atoms with van der Waals surface area (Å²) in [6, 6.07) is 28.7. The minimum Gasteiger partial charge on any atom is -0.452 e. The number of nitrogens with zero attached hydrogens (tertiary/aromatic N) is 1. The Bertz CT molecular complexity index is 1750. The summed E-state index contributed by atoms with van der Waals surface area (Å²) in [6.45, 7) is 0.826. The number of anilines is 2. The number of hydrogen-bond donors (Lipinski definition) is 1. The smallest absolute Gasteiger partial charge is 0.340 e. The molecule has 3 aliphatic carbocycles. The first-order chi connectivity index (χ1) is 20.8. The summed E-state index contributed by atoms with van der Waals surface area (Å²) < 4.78 is 5.32. The molecule has 8 heteroatoms. The molecule has 0 saturated carbocycles. The molecule has 1 heterocycles. The van der Waals surface area contributed by atoms with Gasteiger partial charge in [0.15, 0.2) is 12.4 Å². The number of ether oxygens (including phenoxy) is 1. The standard InChI is InChI=1S/C35H26N2O6/c1-19(38)20-9-8-10-21(17-20)36-28(39)18-43-35(42)26-15-6-7-16-27(26)37-33(40)31-29-22-11-2-3-12-23(22)30(32(31)34(37)41)25-14-5-4-13-24(25)29/h2-17,29-32H,18H2,1H3,(H,36,39)/t29?,30?,31-,32-/m0/s1. The van der Waals surface area contributed by atoms with Crippen LogP contribution in [0.3, 0.4) is 0 Å². The van der Waals surface area contributed by atoms with Crippen molar-refractivity contribution in [3.8, 4) is 0 Å². The van der Waals surface area contributed by atoms with Gasteiger partial charge in [-0.3, -0.25) is 19.2 Å². The lowest BCUT2D eigenvalue weighted by Gasteiger charge is -2.45. The maximum atomic E-state index is 14.1. The van der Waals surface area contributed by atoms with Gasteiger partial charge < -0.3 is 10.1 Å². The Kier molecular flexibility index (Phi) is 6.27. The summed E-state index contributed by atoms with van der Waals surface area (Å²) in [5.41, 5.74) is 5.21. The van der Waals surface area contributed by atoms with E-state index >= 15 is 0 Å².